The number of nitrogens with one attached hydrogen (secondary N) is 1. The first kappa shape index (κ1) is 23.4. The Hall–Kier alpha value is -2.29. The van der Waals surface area contributed by atoms with Gasteiger partial charge in [-0.2, -0.15) is 0 Å². The number of likely N-dealkylation sites (tertiary alicyclic amines) is 1. The quantitative estimate of drug-likeness (QED) is 0.292. The third kappa shape index (κ3) is 5.50. The summed E-state index contributed by atoms with van der Waals surface area (Å²) in [5.41, 5.74) is 4.68. The summed E-state index contributed by atoms with van der Waals surface area (Å²) in [5.74, 6) is 2.44. The molecule has 3 heterocycles. The van der Waals surface area contributed by atoms with E-state index in [1.165, 1.54) is 11.1 Å². The highest BCUT2D eigenvalue weighted by Crippen LogP contribution is 2.28. The number of hydrogen-bond acceptors (Lipinski definition) is 3. The number of imidazole rings is 1. The number of aryl methyl sites for hydroxylation is 1. The number of nitrogens with zero attached hydrogens (tertiary/aromatic N) is 4. The van der Waals surface area contributed by atoms with Crippen LogP contribution in [0, 0.1) is 6.92 Å². The minimum atomic E-state index is 0. The zero-order valence-electron chi connectivity index (χ0n) is 18.5. The summed E-state index contributed by atoms with van der Waals surface area (Å²) >= 11 is 0. The lowest BCUT2D eigenvalue weighted by Crippen LogP contribution is -2.40. The summed E-state index contributed by atoms with van der Waals surface area (Å²) in [7, 11) is 1.71. The molecule has 6 nitrogen and oxygen atoms in total. The normalized spacial score (nSPS) is 16.4. The SMILES string of the molecule is CCNC(=NCCc1cn2cccc(C)c2n1)N1CCC(c2ccc(OC)cc2)C1.I. The number of guanidine groups is 1. The molecule has 0 spiro atoms. The number of fused-ring (bicyclic) bond motifs is 1. The van der Waals surface area contributed by atoms with Gasteiger partial charge in [0.05, 0.1) is 12.8 Å². The van der Waals surface area contributed by atoms with Gasteiger partial charge in [-0.05, 0) is 49.6 Å². The molecule has 31 heavy (non-hydrogen) atoms. The van der Waals surface area contributed by atoms with E-state index in [9.17, 15) is 0 Å². The van der Waals surface area contributed by atoms with Crippen molar-refractivity contribution in [2.45, 2.75) is 32.6 Å². The van der Waals surface area contributed by atoms with Crippen molar-refractivity contribution in [3.05, 3.63) is 65.6 Å². The molecule has 1 unspecified atom stereocenters. The first-order chi connectivity index (χ1) is 14.7. The Kier molecular flexibility index (Phi) is 8.17. The van der Waals surface area contributed by atoms with Crippen molar-refractivity contribution in [3.8, 4) is 5.75 Å². The predicted octanol–water partition coefficient (Wildman–Crippen LogP) is 4.27. The van der Waals surface area contributed by atoms with E-state index < -0.39 is 0 Å². The lowest BCUT2D eigenvalue weighted by atomic mass is 9.98. The summed E-state index contributed by atoms with van der Waals surface area (Å²) < 4.78 is 7.38. The van der Waals surface area contributed by atoms with Gasteiger partial charge in [-0.3, -0.25) is 4.99 Å². The standard InChI is InChI=1S/C24H31N5O.HI/c1-4-25-24(26-13-11-21-17-28-14-5-6-18(2)23(28)27-21)29-15-12-20(16-29)19-7-9-22(30-3)10-8-19;/h5-10,14,17,20H,4,11-13,15-16H2,1-3H3,(H,25,26);1H. The Morgan fingerprint density at radius 3 is 2.77 bits per heavy atom. The van der Waals surface area contributed by atoms with Crippen molar-refractivity contribution >= 4 is 35.6 Å². The first-order valence-corrected chi connectivity index (χ1v) is 10.8. The zero-order chi connectivity index (χ0) is 20.9. The summed E-state index contributed by atoms with van der Waals surface area (Å²) in [6.45, 7) is 7.84. The van der Waals surface area contributed by atoms with Crippen LogP contribution in [0.15, 0.2) is 53.8 Å². The molecule has 1 N–H and O–H groups in total. The number of ether oxygens (including phenoxy) is 1. The van der Waals surface area contributed by atoms with Gasteiger partial charge in [0.15, 0.2) is 5.96 Å². The largest absolute Gasteiger partial charge is 0.497 e. The minimum absolute atomic E-state index is 0. The molecule has 4 rings (SSSR count). The van der Waals surface area contributed by atoms with Gasteiger partial charge in [0.25, 0.3) is 0 Å². The lowest BCUT2D eigenvalue weighted by molar-refractivity contribution is 0.414. The van der Waals surface area contributed by atoms with E-state index in [2.05, 4.69) is 65.1 Å². The number of aromatic nitrogens is 2. The van der Waals surface area contributed by atoms with Gasteiger partial charge in [-0.1, -0.05) is 18.2 Å². The van der Waals surface area contributed by atoms with E-state index in [-0.39, 0.29) is 24.0 Å². The fourth-order valence-corrected chi connectivity index (χ4v) is 4.13. The van der Waals surface area contributed by atoms with Gasteiger partial charge in [-0.25, -0.2) is 4.98 Å². The molecule has 7 heteroatoms. The molecule has 0 radical (unpaired) electrons. The van der Waals surface area contributed by atoms with Crippen molar-refractivity contribution in [1.29, 1.82) is 0 Å². The van der Waals surface area contributed by atoms with Crippen LogP contribution in [0.2, 0.25) is 0 Å². The Balaban J connectivity index is 0.00000272. The first-order valence-electron chi connectivity index (χ1n) is 10.8. The number of pyridine rings is 1. The van der Waals surface area contributed by atoms with Crippen LogP contribution < -0.4 is 10.1 Å². The molecule has 1 aliphatic heterocycles. The minimum Gasteiger partial charge on any atom is -0.497 e. The smallest absolute Gasteiger partial charge is 0.193 e. The van der Waals surface area contributed by atoms with Gasteiger partial charge >= 0.3 is 0 Å². The van der Waals surface area contributed by atoms with Crippen LogP contribution in [0.3, 0.4) is 0 Å². The van der Waals surface area contributed by atoms with Gasteiger partial charge in [-0.15, -0.1) is 24.0 Å². The number of halogens is 1. The van der Waals surface area contributed by atoms with Crippen LogP contribution >= 0.6 is 24.0 Å². The van der Waals surface area contributed by atoms with Gasteiger partial charge in [0.2, 0.25) is 0 Å². The molecule has 0 amide bonds. The van der Waals surface area contributed by atoms with Gasteiger partial charge in [0.1, 0.15) is 11.4 Å². The second-order valence-corrected chi connectivity index (χ2v) is 7.84. The van der Waals surface area contributed by atoms with Gasteiger partial charge in [0, 0.05) is 50.9 Å². The van der Waals surface area contributed by atoms with Crippen molar-refractivity contribution in [2.24, 2.45) is 4.99 Å². The Morgan fingerprint density at radius 1 is 1.26 bits per heavy atom. The van der Waals surface area contributed by atoms with Crippen LogP contribution in [0.25, 0.3) is 5.65 Å². The average Bonchev–Trinajstić information content (AvgIpc) is 3.41. The molecule has 0 bridgehead atoms. The fourth-order valence-electron chi connectivity index (χ4n) is 4.13. The topological polar surface area (TPSA) is 54.2 Å². The molecule has 166 valence electrons. The second-order valence-electron chi connectivity index (χ2n) is 7.84. The van der Waals surface area contributed by atoms with Crippen LogP contribution in [0.1, 0.15) is 36.1 Å². The zero-order valence-corrected chi connectivity index (χ0v) is 20.9. The van der Waals surface area contributed by atoms with E-state index >= 15 is 0 Å². The van der Waals surface area contributed by atoms with Crippen LogP contribution in [-0.2, 0) is 6.42 Å². The van der Waals surface area contributed by atoms with E-state index in [0.717, 1.165) is 62.1 Å². The monoisotopic (exact) mass is 533 g/mol. The molecule has 3 aromatic rings. The summed E-state index contributed by atoms with van der Waals surface area (Å²) in [4.78, 5) is 12.1. The number of aliphatic imine (C=N–C) groups is 1. The maximum atomic E-state index is 5.28. The fraction of sp³-hybridized carbons (Fsp3) is 0.417. The number of rotatable bonds is 6. The van der Waals surface area contributed by atoms with Gasteiger partial charge < -0.3 is 19.4 Å². The second kappa shape index (κ2) is 10.8. The molecule has 0 saturated carbocycles. The number of benzene rings is 1. The molecular weight excluding hydrogens is 501 g/mol. The third-order valence-corrected chi connectivity index (χ3v) is 5.77. The van der Waals surface area contributed by atoms with E-state index in [0.29, 0.717) is 5.92 Å². The Morgan fingerprint density at radius 2 is 2.06 bits per heavy atom. The molecular formula is C24H32IN5O. The van der Waals surface area contributed by atoms with Crippen molar-refractivity contribution in [3.63, 3.8) is 0 Å². The Labute approximate surface area is 201 Å². The van der Waals surface area contributed by atoms with Crippen LogP contribution in [0.5, 0.6) is 5.75 Å². The van der Waals surface area contributed by atoms with E-state index in [4.69, 9.17) is 14.7 Å². The highest BCUT2D eigenvalue weighted by atomic mass is 127. The number of hydrogen-bond donors (Lipinski definition) is 1. The molecule has 1 atom stereocenters. The number of methoxy groups -OCH3 is 1. The molecule has 1 aromatic carbocycles. The molecule has 1 saturated heterocycles. The highest BCUT2D eigenvalue weighted by molar-refractivity contribution is 14.0. The summed E-state index contributed by atoms with van der Waals surface area (Å²) in [6.07, 6.45) is 6.14. The predicted molar refractivity (Wildman–Crippen MR) is 137 cm³/mol. The third-order valence-electron chi connectivity index (χ3n) is 5.77. The van der Waals surface area contributed by atoms with Crippen molar-refractivity contribution in [1.82, 2.24) is 19.6 Å². The molecule has 0 aliphatic carbocycles. The van der Waals surface area contributed by atoms with Crippen LogP contribution in [0.4, 0.5) is 0 Å². The van der Waals surface area contributed by atoms with E-state index in [1.807, 2.05) is 12.1 Å². The maximum Gasteiger partial charge on any atom is 0.193 e. The highest BCUT2D eigenvalue weighted by Gasteiger charge is 2.26. The van der Waals surface area contributed by atoms with Crippen LogP contribution in [-0.4, -0.2) is 53.5 Å². The average molecular weight is 533 g/mol. The molecule has 1 aliphatic rings. The lowest BCUT2D eigenvalue weighted by Gasteiger charge is -2.21. The molecule has 1 fully saturated rings. The summed E-state index contributed by atoms with van der Waals surface area (Å²) in [5, 5.41) is 3.47. The maximum absolute atomic E-state index is 5.28. The summed E-state index contributed by atoms with van der Waals surface area (Å²) in [6, 6.07) is 12.6. The Bertz CT molecular complexity index is 1010. The molecule has 2 aromatic heterocycles. The van der Waals surface area contributed by atoms with Crippen molar-refractivity contribution < 1.29 is 4.74 Å². The van der Waals surface area contributed by atoms with E-state index in [1.54, 1.807) is 7.11 Å². The van der Waals surface area contributed by atoms with Crippen molar-refractivity contribution in [2.75, 3.05) is 33.3 Å².